The van der Waals surface area contributed by atoms with Crippen LogP contribution in [0.15, 0.2) is 76.6 Å². The van der Waals surface area contributed by atoms with Crippen LogP contribution in [0.4, 0.5) is 14.5 Å². The maximum Gasteiger partial charge on any atom is 0.160 e. The molecule has 2 aromatic carbocycles. The fourth-order valence-corrected chi connectivity index (χ4v) is 7.63. The highest BCUT2D eigenvalue weighted by atomic mass is 28.3. The van der Waals surface area contributed by atoms with Crippen LogP contribution in [0.25, 0.3) is 5.57 Å². The summed E-state index contributed by atoms with van der Waals surface area (Å²) in [5.74, 6) is -1.90. The second-order valence-electron chi connectivity index (χ2n) is 8.12. The van der Waals surface area contributed by atoms with Gasteiger partial charge in [-0.15, -0.1) is 6.58 Å². The summed E-state index contributed by atoms with van der Waals surface area (Å²) in [5, 5.41) is 5.18. The Morgan fingerprint density at radius 1 is 1.16 bits per heavy atom. The van der Waals surface area contributed by atoms with Gasteiger partial charge in [0.1, 0.15) is 19.7 Å². The van der Waals surface area contributed by atoms with Gasteiger partial charge < -0.3 is 5.32 Å². The number of benzene rings is 2. The van der Waals surface area contributed by atoms with Crippen LogP contribution in [-0.2, 0) is 0 Å². The van der Waals surface area contributed by atoms with Crippen molar-refractivity contribution in [3.8, 4) is 0 Å². The molecule has 0 saturated heterocycles. The molecule has 2 aliphatic rings. The summed E-state index contributed by atoms with van der Waals surface area (Å²) in [5.41, 5.74) is 5.61. The highest BCUT2D eigenvalue weighted by Gasteiger charge is 2.42. The fraction of sp³-hybridized carbons (Fsp3) is 0.154. The van der Waals surface area contributed by atoms with E-state index in [1.807, 2.05) is 49.2 Å². The molecule has 2 aromatic rings. The van der Waals surface area contributed by atoms with Gasteiger partial charge >= 0.3 is 0 Å². The topological polar surface area (TPSA) is 41.5 Å². The summed E-state index contributed by atoms with van der Waals surface area (Å²) < 4.78 is 30.7. The molecule has 1 heterocycles. The molecule has 0 spiro atoms. The summed E-state index contributed by atoms with van der Waals surface area (Å²) in [4.78, 5) is 16.0. The number of nitrogens with one attached hydrogen (secondary N) is 1. The number of anilines is 1. The summed E-state index contributed by atoms with van der Waals surface area (Å²) in [7, 11) is 1.11. The number of carbonyl (C=O) groups excluding carboxylic acids is 1. The second-order valence-corrected chi connectivity index (χ2v) is 12.0. The number of halogens is 2. The molecule has 1 atom stereocenters. The van der Waals surface area contributed by atoms with Gasteiger partial charge in [-0.2, -0.15) is 0 Å². The third-order valence-electron chi connectivity index (χ3n) is 6.33. The number of ketones is 1. The van der Waals surface area contributed by atoms with E-state index in [9.17, 15) is 4.79 Å². The molecule has 0 saturated carbocycles. The van der Waals surface area contributed by atoms with Crippen molar-refractivity contribution in [2.75, 3.05) is 19.4 Å². The molecule has 1 aliphatic heterocycles. The molecule has 1 N–H and O–H groups in total. The van der Waals surface area contributed by atoms with Crippen LogP contribution in [0.3, 0.4) is 0 Å². The van der Waals surface area contributed by atoms with Crippen molar-refractivity contribution in [2.45, 2.75) is 13.5 Å². The first kappa shape index (κ1) is 21.8. The van der Waals surface area contributed by atoms with E-state index in [2.05, 4.69) is 23.4 Å². The van der Waals surface area contributed by atoms with Gasteiger partial charge in [0.25, 0.3) is 0 Å². The maximum atomic E-state index is 15.4. The van der Waals surface area contributed by atoms with Gasteiger partial charge in [0.05, 0.1) is 11.3 Å². The number of allylic oxidation sites excluding steroid dienone is 5. The summed E-state index contributed by atoms with van der Waals surface area (Å²) in [6.45, 7) is 7.62. The minimum absolute atomic E-state index is 0.0107. The Morgan fingerprint density at radius 2 is 1.84 bits per heavy atom. The Balaban J connectivity index is 2.15. The zero-order chi connectivity index (χ0) is 23.2. The zero-order valence-corrected chi connectivity index (χ0v) is 19.5. The smallest absolute Gasteiger partial charge is 0.160 e. The molecule has 0 fully saturated rings. The van der Waals surface area contributed by atoms with Crippen molar-refractivity contribution in [1.29, 1.82) is 0 Å². The summed E-state index contributed by atoms with van der Waals surface area (Å²) in [6, 6.07) is 8.08. The zero-order valence-electron chi connectivity index (χ0n) is 18.5. The third kappa shape index (κ3) is 3.22. The van der Waals surface area contributed by atoms with Crippen molar-refractivity contribution in [1.82, 2.24) is 0 Å². The molecule has 0 bridgehead atoms. The summed E-state index contributed by atoms with van der Waals surface area (Å²) in [6.07, 6.45) is 5.73. The first-order valence-corrected chi connectivity index (χ1v) is 12.9. The van der Waals surface area contributed by atoms with Crippen molar-refractivity contribution in [2.24, 2.45) is 4.99 Å². The van der Waals surface area contributed by atoms with Crippen LogP contribution >= 0.6 is 0 Å². The van der Waals surface area contributed by atoms with Crippen LogP contribution in [0.2, 0.25) is 6.55 Å². The number of Topliss-reactive ketones (excluding diaryl/α,β-unsaturated/α-hetero) is 1. The van der Waals surface area contributed by atoms with Gasteiger partial charge in [-0.1, -0.05) is 24.4 Å². The number of aliphatic imine (C=N–C) groups is 1. The number of nitrogens with zero attached hydrogens (tertiary/aromatic N) is 1. The molecule has 32 heavy (non-hydrogen) atoms. The first-order valence-electron chi connectivity index (χ1n) is 10.3. The van der Waals surface area contributed by atoms with Gasteiger partial charge in [-0.05, 0) is 64.9 Å². The lowest BCUT2D eigenvalue weighted by atomic mass is 9.88. The van der Waals surface area contributed by atoms with Crippen LogP contribution in [0, 0.1) is 11.6 Å². The maximum absolute atomic E-state index is 15.4. The molecule has 6 heteroatoms. The highest BCUT2D eigenvalue weighted by Crippen LogP contribution is 2.43. The first-order chi connectivity index (χ1) is 15.2. The highest BCUT2D eigenvalue weighted by molar-refractivity contribution is 7.02. The number of fused-ring (bicyclic) bond motifs is 2. The monoisotopic (exact) mass is 446 g/mol. The molecule has 4 rings (SSSR count). The SMILES string of the molecule is C=C[Si]1(C)C2=C/C(=N/C)C=CC2=C(c2c(F)cc(C(C)=O)cc2F)c2ccc(NC)cc21. The van der Waals surface area contributed by atoms with Crippen molar-refractivity contribution < 1.29 is 13.6 Å². The normalized spacial score (nSPS) is 20.6. The largest absolute Gasteiger partial charge is 0.388 e. The lowest BCUT2D eigenvalue weighted by Crippen LogP contribution is -2.50. The van der Waals surface area contributed by atoms with E-state index in [1.54, 1.807) is 7.05 Å². The Labute approximate surface area is 187 Å². The van der Waals surface area contributed by atoms with E-state index < -0.39 is 19.7 Å². The van der Waals surface area contributed by atoms with Crippen molar-refractivity contribution in [3.63, 3.8) is 0 Å². The molecule has 0 amide bonds. The van der Waals surface area contributed by atoms with Gasteiger partial charge in [-0.25, -0.2) is 8.78 Å². The molecule has 3 nitrogen and oxygen atoms in total. The van der Waals surface area contributed by atoms with E-state index >= 15 is 8.78 Å². The van der Waals surface area contributed by atoms with Crippen molar-refractivity contribution >= 4 is 36.0 Å². The predicted octanol–water partition coefficient (Wildman–Crippen LogP) is 5.14. The van der Waals surface area contributed by atoms with E-state index in [0.717, 1.165) is 45.1 Å². The minimum Gasteiger partial charge on any atom is -0.388 e. The van der Waals surface area contributed by atoms with Gasteiger partial charge in [0.2, 0.25) is 0 Å². The van der Waals surface area contributed by atoms with Crippen LogP contribution in [0.1, 0.15) is 28.4 Å². The predicted molar refractivity (Wildman–Crippen MR) is 130 cm³/mol. The Hall–Kier alpha value is -3.38. The van der Waals surface area contributed by atoms with Gasteiger partial charge in [0.15, 0.2) is 5.78 Å². The number of carbonyl (C=O) groups is 1. The quantitative estimate of drug-likeness (QED) is 0.522. The van der Waals surface area contributed by atoms with Crippen LogP contribution < -0.4 is 10.5 Å². The standard InChI is InChI=1S/C26H24F2N2OSi/c1-6-32(5)23-13-17(29-3)7-9-19(23)25(20-10-8-18(30-4)14-24(20)32)26-21(27)11-16(15(2)31)12-22(26)28/h6-14,29H,1H2,2-5H3/b30-18+. The number of hydrogen-bond acceptors (Lipinski definition) is 3. The van der Waals surface area contributed by atoms with E-state index in [1.165, 1.54) is 6.92 Å². The van der Waals surface area contributed by atoms with E-state index in [-0.39, 0.29) is 16.9 Å². The number of rotatable bonds is 4. The Bertz CT molecular complexity index is 1280. The molecule has 0 radical (unpaired) electrons. The van der Waals surface area contributed by atoms with E-state index in [0.29, 0.717) is 5.57 Å². The van der Waals surface area contributed by atoms with Gasteiger partial charge in [0, 0.05) is 30.9 Å². The lowest BCUT2D eigenvalue weighted by molar-refractivity contribution is 0.101. The average molecular weight is 447 g/mol. The van der Waals surface area contributed by atoms with Crippen LogP contribution in [-0.4, -0.2) is 33.7 Å². The third-order valence-corrected chi connectivity index (χ3v) is 10.2. The average Bonchev–Trinajstić information content (AvgIpc) is 2.79. The fourth-order valence-electron chi connectivity index (χ4n) is 4.46. The molecule has 1 unspecified atom stereocenters. The Morgan fingerprint density at radius 3 is 2.41 bits per heavy atom. The minimum atomic E-state index is -2.44. The van der Waals surface area contributed by atoms with Crippen molar-refractivity contribution in [3.05, 3.63) is 99.9 Å². The molecule has 1 aliphatic carbocycles. The number of hydrogen-bond donors (Lipinski definition) is 1. The van der Waals surface area contributed by atoms with Crippen LogP contribution in [0.5, 0.6) is 0 Å². The molecular formula is C26H24F2N2OSi. The van der Waals surface area contributed by atoms with E-state index in [4.69, 9.17) is 0 Å². The van der Waals surface area contributed by atoms with Gasteiger partial charge in [-0.3, -0.25) is 9.79 Å². The molecule has 0 aromatic heterocycles. The second kappa shape index (κ2) is 7.95. The summed E-state index contributed by atoms with van der Waals surface area (Å²) >= 11 is 0. The Kier molecular flexibility index (Phi) is 5.42. The molecule has 162 valence electrons. The molecular weight excluding hydrogens is 422 g/mol. The lowest BCUT2D eigenvalue weighted by Gasteiger charge is -2.38.